The first-order valence-corrected chi connectivity index (χ1v) is 8.46. The summed E-state index contributed by atoms with van der Waals surface area (Å²) in [4.78, 5) is 11.4. The fourth-order valence-corrected chi connectivity index (χ4v) is 3.33. The molecule has 1 N–H and O–H groups in total. The van der Waals surface area contributed by atoms with Gasteiger partial charge in [0.1, 0.15) is 18.0 Å². The number of anilines is 2. The topological polar surface area (TPSA) is 41.1 Å². The summed E-state index contributed by atoms with van der Waals surface area (Å²) >= 11 is 0. The average molecular weight is 290 g/mol. The van der Waals surface area contributed by atoms with Gasteiger partial charge in [-0.3, -0.25) is 0 Å². The van der Waals surface area contributed by atoms with Gasteiger partial charge in [0.05, 0.1) is 0 Å². The summed E-state index contributed by atoms with van der Waals surface area (Å²) in [7, 11) is 0. The third-order valence-corrected chi connectivity index (χ3v) is 5.22. The molecule has 1 aromatic heterocycles. The predicted molar refractivity (Wildman–Crippen MR) is 90.0 cm³/mol. The van der Waals surface area contributed by atoms with Crippen molar-refractivity contribution in [3.8, 4) is 0 Å². The van der Waals surface area contributed by atoms with Crippen LogP contribution >= 0.6 is 0 Å². The molecular formula is C17H30N4. The zero-order chi connectivity index (χ0) is 15.3. The van der Waals surface area contributed by atoms with Crippen LogP contribution in [0.1, 0.15) is 58.4 Å². The third-order valence-electron chi connectivity index (χ3n) is 5.22. The number of hydrogen-bond donors (Lipinski definition) is 1. The molecule has 0 unspecified atom stereocenters. The highest BCUT2D eigenvalue weighted by atomic mass is 15.2. The normalized spacial score (nSPS) is 17.8. The molecular weight excluding hydrogens is 260 g/mol. The fourth-order valence-electron chi connectivity index (χ4n) is 3.33. The Balaban J connectivity index is 2.10. The summed E-state index contributed by atoms with van der Waals surface area (Å²) in [5, 5.41) is 3.40. The van der Waals surface area contributed by atoms with Gasteiger partial charge in [0.15, 0.2) is 0 Å². The van der Waals surface area contributed by atoms with Crippen LogP contribution in [0.25, 0.3) is 0 Å². The highest BCUT2D eigenvalue weighted by Gasteiger charge is 2.32. The summed E-state index contributed by atoms with van der Waals surface area (Å²) in [5.41, 5.74) is 1.74. The molecule has 21 heavy (non-hydrogen) atoms. The van der Waals surface area contributed by atoms with Crippen molar-refractivity contribution in [2.75, 3.05) is 29.9 Å². The largest absolute Gasteiger partial charge is 0.370 e. The van der Waals surface area contributed by atoms with Crippen LogP contribution in [0.4, 0.5) is 11.6 Å². The quantitative estimate of drug-likeness (QED) is 0.859. The van der Waals surface area contributed by atoms with E-state index in [1.807, 2.05) is 0 Å². The number of aromatic nitrogens is 2. The molecule has 1 aromatic rings. The number of piperidine rings is 1. The van der Waals surface area contributed by atoms with E-state index in [1.165, 1.54) is 31.2 Å². The van der Waals surface area contributed by atoms with E-state index in [2.05, 4.69) is 47.9 Å². The minimum absolute atomic E-state index is 0.556. The molecule has 0 saturated carbocycles. The number of nitrogens with zero attached hydrogens (tertiary/aromatic N) is 3. The Kier molecular flexibility index (Phi) is 5.43. The van der Waals surface area contributed by atoms with Crippen LogP contribution < -0.4 is 10.2 Å². The first kappa shape index (κ1) is 16.1. The maximum absolute atomic E-state index is 4.54. The van der Waals surface area contributed by atoms with Crippen molar-refractivity contribution in [2.45, 2.75) is 59.8 Å². The van der Waals surface area contributed by atoms with E-state index in [0.29, 0.717) is 5.41 Å². The molecule has 1 aliphatic rings. The molecule has 1 saturated heterocycles. The highest BCUT2D eigenvalue weighted by Crippen LogP contribution is 2.39. The Morgan fingerprint density at radius 1 is 1.14 bits per heavy atom. The molecule has 1 aliphatic heterocycles. The van der Waals surface area contributed by atoms with Gasteiger partial charge in [0.2, 0.25) is 0 Å². The standard InChI is InChI=1S/C17H30N4/c1-5-10-18-15-14(4)16(20-13-19-15)21-11-8-17(6-2,7-3)9-12-21/h13H,5-12H2,1-4H3,(H,18,19,20). The Morgan fingerprint density at radius 2 is 1.81 bits per heavy atom. The van der Waals surface area contributed by atoms with Crippen LogP contribution in [-0.2, 0) is 0 Å². The van der Waals surface area contributed by atoms with Gasteiger partial charge < -0.3 is 10.2 Å². The SMILES string of the molecule is CCCNc1ncnc(N2CCC(CC)(CC)CC2)c1C. The lowest BCUT2D eigenvalue weighted by molar-refractivity contribution is 0.199. The van der Waals surface area contributed by atoms with Crippen LogP contribution in [0.15, 0.2) is 6.33 Å². The van der Waals surface area contributed by atoms with E-state index in [9.17, 15) is 0 Å². The van der Waals surface area contributed by atoms with Gasteiger partial charge in [-0.15, -0.1) is 0 Å². The second-order valence-corrected chi connectivity index (χ2v) is 6.29. The zero-order valence-corrected chi connectivity index (χ0v) is 14.1. The lowest BCUT2D eigenvalue weighted by atomic mass is 9.74. The molecule has 0 radical (unpaired) electrons. The zero-order valence-electron chi connectivity index (χ0n) is 14.1. The van der Waals surface area contributed by atoms with Crippen LogP contribution in [-0.4, -0.2) is 29.6 Å². The lowest BCUT2D eigenvalue weighted by Crippen LogP contribution is -2.40. The molecule has 0 aromatic carbocycles. The van der Waals surface area contributed by atoms with Crippen molar-refractivity contribution < 1.29 is 0 Å². The molecule has 0 bridgehead atoms. The monoisotopic (exact) mass is 290 g/mol. The Labute approximate surface area is 129 Å². The minimum Gasteiger partial charge on any atom is -0.370 e. The predicted octanol–water partition coefficient (Wildman–Crippen LogP) is 4.01. The molecule has 0 spiro atoms. The van der Waals surface area contributed by atoms with Crippen molar-refractivity contribution in [1.29, 1.82) is 0 Å². The Hall–Kier alpha value is -1.32. The summed E-state index contributed by atoms with van der Waals surface area (Å²) in [6.45, 7) is 12.2. The number of rotatable bonds is 6. The van der Waals surface area contributed by atoms with Gasteiger partial charge in [0, 0.05) is 25.2 Å². The summed E-state index contributed by atoms with van der Waals surface area (Å²) in [6, 6.07) is 0. The van der Waals surface area contributed by atoms with E-state index < -0.39 is 0 Å². The first-order chi connectivity index (χ1) is 10.2. The summed E-state index contributed by atoms with van der Waals surface area (Å²) in [5.74, 6) is 2.11. The fraction of sp³-hybridized carbons (Fsp3) is 0.765. The van der Waals surface area contributed by atoms with Crippen LogP contribution in [0.2, 0.25) is 0 Å². The van der Waals surface area contributed by atoms with E-state index in [4.69, 9.17) is 0 Å². The van der Waals surface area contributed by atoms with Gasteiger partial charge in [-0.1, -0.05) is 33.6 Å². The first-order valence-electron chi connectivity index (χ1n) is 8.46. The number of hydrogen-bond acceptors (Lipinski definition) is 4. The molecule has 1 fully saturated rings. The van der Waals surface area contributed by atoms with Crippen LogP contribution in [0, 0.1) is 12.3 Å². The molecule has 2 rings (SSSR count). The minimum atomic E-state index is 0.556. The van der Waals surface area contributed by atoms with E-state index in [1.54, 1.807) is 6.33 Å². The van der Waals surface area contributed by atoms with Crippen molar-refractivity contribution in [3.63, 3.8) is 0 Å². The van der Waals surface area contributed by atoms with Crippen LogP contribution in [0.5, 0.6) is 0 Å². The third kappa shape index (κ3) is 3.47. The van der Waals surface area contributed by atoms with Gasteiger partial charge in [-0.25, -0.2) is 9.97 Å². The van der Waals surface area contributed by atoms with Crippen molar-refractivity contribution in [1.82, 2.24) is 9.97 Å². The van der Waals surface area contributed by atoms with Crippen molar-refractivity contribution >= 4 is 11.6 Å². The van der Waals surface area contributed by atoms with E-state index in [-0.39, 0.29) is 0 Å². The van der Waals surface area contributed by atoms with Gasteiger partial charge >= 0.3 is 0 Å². The molecule has 0 atom stereocenters. The van der Waals surface area contributed by atoms with Gasteiger partial charge in [0.25, 0.3) is 0 Å². The molecule has 0 amide bonds. The Morgan fingerprint density at radius 3 is 2.38 bits per heavy atom. The lowest BCUT2D eigenvalue weighted by Gasteiger charge is -2.41. The van der Waals surface area contributed by atoms with Gasteiger partial charge in [-0.2, -0.15) is 0 Å². The van der Waals surface area contributed by atoms with E-state index >= 15 is 0 Å². The van der Waals surface area contributed by atoms with E-state index in [0.717, 1.165) is 37.7 Å². The second-order valence-electron chi connectivity index (χ2n) is 6.29. The average Bonchev–Trinajstić information content (AvgIpc) is 2.54. The highest BCUT2D eigenvalue weighted by molar-refractivity contribution is 5.58. The number of nitrogens with one attached hydrogen (secondary N) is 1. The molecule has 118 valence electrons. The van der Waals surface area contributed by atoms with Crippen molar-refractivity contribution in [3.05, 3.63) is 11.9 Å². The Bertz CT molecular complexity index is 444. The summed E-state index contributed by atoms with van der Waals surface area (Å²) in [6.07, 6.45) is 7.95. The van der Waals surface area contributed by atoms with Crippen LogP contribution in [0.3, 0.4) is 0 Å². The molecule has 0 aliphatic carbocycles. The second kappa shape index (κ2) is 7.10. The maximum Gasteiger partial charge on any atom is 0.137 e. The summed E-state index contributed by atoms with van der Waals surface area (Å²) < 4.78 is 0. The molecule has 2 heterocycles. The van der Waals surface area contributed by atoms with Crippen molar-refractivity contribution in [2.24, 2.45) is 5.41 Å². The smallest absolute Gasteiger partial charge is 0.137 e. The van der Waals surface area contributed by atoms with Gasteiger partial charge in [-0.05, 0) is 31.6 Å². The molecule has 4 nitrogen and oxygen atoms in total. The maximum atomic E-state index is 4.54. The molecule has 4 heteroatoms.